The molecule has 4 heterocycles. The van der Waals surface area contributed by atoms with Crippen LogP contribution in [0.2, 0.25) is 0 Å². The van der Waals surface area contributed by atoms with E-state index in [1.54, 1.807) is 36.9 Å². The van der Waals surface area contributed by atoms with Gasteiger partial charge in [0.05, 0.1) is 25.0 Å². The summed E-state index contributed by atoms with van der Waals surface area (Å²) < 4.78 is 43.0. The highest BCUT2D eigenvalue weighted by Gasteiger charge is 2.43. The summed E-state index contributed by atoms with van der Waals surface area (Å²) in [7, 11) is 0. The second kappa shape index (κ2) is 10.5. The molecule has 2 fully saturated rings. The van der Waals surface area contributed by atoms with Gasteiger partial charge in [-0.25, -0.2) is 4.79 Å². The van der Waals surface area contributed by atoms with Crippen LogP contribution < -0.4 is 5.32 Å². The Kier molecular flexibility index (Phi) is 7.69. The van der Waals surface area contributed by atoms with Crippen LogP contribution in [0.4, 0.5) is 13.2 Å². The third-order valence-corrected chi connectivity index (χ3v) is 5.29. The molecular weight excluding hydrogens is 447 g/mol. The quantitative estimate of drug-likeness (QED) is 0.705. The van der Waals surface area contributed by atoms with E-state index in [2.05, 4.69) is 10.3 Å². The molecule has 0 aromatic carbocycles. The maximum absolute atomic E-state index is 12.7. The number of ether oxygens (including phenoxy) is 1. The van der Waals surface area contributed by atoms with E-state index in [9.17, 15) is 22.8 Å². The van der Waals surface area contributed by atoms with Crippen molar-refractivity contribution < 1.29 is 41.8 Å². The Bertz CT molecular complexity index is 952. The number of pyridine rings is 1. The lowest BCUT2D eigenvalue weighted by atomic mass is 9.98. The molecule has 2 aromatic heterocycles. The maximum atomic E-state index is 12.7. The number of hydrogen-bond donors (Lipinski definition) is 2. The van der Waals surface area contributed by atoms with Crippen LogP contribution in [0.15, 0.2) is 47.3 Å². The summed E-state index contributed by atoms with van der Waals surface area (Å²) in [6, 6.07) is 7.09. The lowest BCUT2D eigenvalue weighted by molar-refractivity contribution is -0.192. The molecule has 2 N–H and O–H groups in total. The molecule has 2 aliphatic rings. The van der Waals surface area contributed by atoms with Crippen molar-refractivity contribution in [1.29, 1.82) is 0 Å². The largest absolute Gasteiger partial charge is 0.490 e. The number of likely N-dealkylation sites (tertiary alicyclic amines) is 1. The van der Waals surface area contributed by atoms with Crippen LogP contribution in [0, 0.1) is 0 Å². The number of carbonyl (C=O) groups is 3. The summed E-state index contributed by atoms with van der Waals surface area (Å²) in [5.74, 6) is -2.17. The van der Waals surface area contributed by atoms with Gasteiger partial charge in [-0.2, -0.15) is 13.2 Å². The number of aliphatic carboxylic acids is 1. The first kappa shape index (κ1) is 24.2. The Morgan fingerprint density at radius 2 is 1.85 bits per heavy atom. The smallest absolute Gasteiger partial charge is 0.475 e. The van der Waals surface area contributed by atoms with Gasteiger partial charge in [0.1, 0.15) is 11.9 Å². The number of halogens is 3. The summed E-state index contributed by atoms with van der Waals surface area (Å²) in [5, 5.41) is 9.97. The fourth-order valence-corrected chi connectivity index (χ4v) is 3.73. The van der Waals surface area contributed by atoms with Crippen LogP contribution in [-0.2, 0) is 20.9 Å². The highest BCUT2D eigenvalue weighted by atomic mass is 19.4. The molecule has 33 heavy (non-hydrogen) atoms. The van der Waals surface area contributed by atoms with E-state index in [1.807, 2.05) is 11.0 Å². The van der Waals surface area contributed by atoms with Crippen molar-refractivity contribution >= 4 is 17.8 Å². The maximum Gasteiger partial charge on any atom is 0.490 e. The summed E-state index contributed by atoms with van der Waals surface area (Å²) in [6.07, 6.45) is 1.30. The van der Waals surface area contributed by atoms with Crippen LogP contribution in [-0.4, -0.2) is 63.7 Å². The first-order valence-electron chi connectivity index (χ1n) is 10.1. The molecule has 0 unspecified atom stereocenters. The minimum atomic E-state index is -5.08. The first-order chi connectivity index (χ1) is 15.7. The van der Waals surface area contributed by atoms with Crippen LogP contribution in [0.25, 0.3) is 0 Å². The minimum absolute atomic E-state index is 0.00391. The summed E-state index contributed by atoms with van der Waals surface area (Å²) in [5.41, 5.74) is 0.638. The van der Waals surface area contributed by atoms with Crippen molar-refractivity contribution in [3.63, 3.8) is 0 Å². The first-order valence-corrected chi connectivity index (χ1v) is 10.1. The highest BCUT2D eigenvalue weighted by Crippen LogP contribution is 2.32. The molecule has 2 saturated heterocycles. The van der Waals surface area contributed by atoms with Crippen LogP contribution in [0.3, 0.4) is 0 Å². The van der Waals surface area contributed by atoms with E-state index in [-0.39, 0.29) is 24.0 Å². The summed E-state index contributed by atoms with van der Waals surface area (Å²) >= 11 is 0. The second-order valence-corrected chi connectivity index (χ2v) is 7.43. The molecule has 2 aromatic rings. The predicted molar refractivity (Wildman–Crippen MR) is 106 cm³/mol. The van der Waals surface area contributed by atoms with Crippen LogP contribution in [0.1, 0.15) is 35.4 Å². The number of carboxylic acids is 1. The van der Waals surface area contributed by atoms with E-state index in [0.29, 0.717) is 30.8 Å². The van der Waals surface area contributed by atoms with Gasteiger partial charge in [0.15, 0.2) is 0 Å². The van der Waals surface area contributed by atoms with Crippen molar-refractivity contribution in [1.82, 2.24) is 15.2 Å². The van der Waals surface area contributed by atoms with E-state index >= 15 is 0 Å². The normalized spacial score (nSPS) is 22.0. The molecule has 12 heteroatoms. The number of nitrogens with one attached hydrogen (secondary N) is 1. The molecule has 0 aliphatic carbocycles. The topological polar surface area (TPSA) is 122 Å². The number of furan rings is 1. The van der Waals surface area contributed by atoms with E-state index < -0.39 is 18.2 Å². The lowest BCUT2D eigenvalue weighted by Crippen LogP contribution is -2.48. The fourth-order valence-electron chi connectivity index (χ4n) is 3.73. The number of carboxylic acid groups (broad SMARTS) is 1. The van der Waals surface area contributed by atoms with Crippen molar-refractivity contribution in [2.45, 2.75) is 50.2 Å². The number of nitrogens with zero attached hydrogens (tertiary/aromatic N) is 2. The van der Waals surface area contributed by atoms with Crippen molar-refractivity contribution in [3.8, 4) is 0 Å². The van der Waals surface area contributed by atoms with E-state index in [4.69, 9.17) is 19.1 Å². The SMILES string of the molecule is O=C(NCc1ccco1)[C@H]1CC[C@@H]2[C@@H](CCN2C(=O)c2ccncc2)O1.O=C(O)C(F)(F)F. The number of rotatable bonds is 4. The zero-order valence-electron chi connectivity index (χ0n) is 17.3. The van der Waals surface area contributed by atoms with Crippen LogP contribution >= 0.6 is 0 Å². The molecule has 0 spiro atoms. The molecule has 9 nitrogen and oxygen atoms in total. The van der Waals surface area contributed by atoms with Crippen molar-refractivity contribution in [3.05, 3.63) is 54.2 Å². The number of amides is 2. The van der Waals surface area contributed by atoms with Gasteiger partial charge in [0.2, 0.25) is 5.91 Å². The van der Waals surface area contributed by atoms with Gasteiger partial charge >= 0.3 is 12.1 Å². The summed E-state index contributed by atoms with van der Waals surface area (Å²) in [6.45, 7) is 1.00. The average Bonchev–Trinajstić information content (AvgIpc) is 3.47. The minimum Gasteiger partial charge on any atom is -0.475 e. The van der Waals surface area contributed by atoms with Gasteiger partial charge in [-0.3, -0.25) is 14.6 Å². The van der Waals surface area contributed by atoms with Crippen molar-refractivity contribution in [2.24, 2.45) is 0 Å². The zero-order valence-corrected chi connectivity index (χ0v) is 17.3. The van der Waals surface area contributed by atoms with Gasteiger partial charge in [-0.1, -0.05) is 0 Å². The third kappa shape index (κ3) is 6.31. The van der Waals surface area contributed by atoms with Gasteiger partial charge in [-0.05, 0) is 43.5 Å². The Morgan fingerprint density at radius 3 is 2.45 bits per heavy atom. The van der Waals surface area contributed by atoms with Crippen molar-refractivity contribution in [2.75, 3.05) is 6.54 Å². The molecule has 2 amide bonds. The van der Waals surface area contributed by atoms with E-state index in [1.165, 1.54) is 0 Å². The third-order valence-electron chi connectivity index (χ3n) is 5.29. The van der Waals surface area contributed by atoms with Gasteiger partial charge in [0, 0.05) is 24.5 Å². The monoisotopic (exact) mass is 469 g/mol. The molecular formula is C21H22F3N3O6. The predicted octanol–water partition coefficient (Wildman–Crippen LogP) is 2.39. The number of aromatic nitrogens is 1. The molecule has 3 atom stereocenters. The summed E-state index contributed by atoms with van der Waals surface area (Å²) in [4.78, 5) is 39.8. The average molecular weight is 469 g/mol. The van der Waals surface area contributed by atoms with E-state index in [0.717, 1.165) is 12.8 Å². The van der Waals surface area contributed by atoms with Gasteiger partial charge in [-0.15, -0.1) is 0 Å². The molecule has 0 bridgehead atoms. The number of carbonyl (C=O) groups excluding carboxylic acids is 2. The molecule has 178 valence electrons. The Morgan fingerprint density at radius 1 is 1.15 bits per heavy atom. The Balaban J connectivity index is 0.000000383. The van der Waals surface area contributed by atoms with Gasteiger partial charge in [0.25, 0.3) is 5.91 Å². The lowest BCUT2D eigenvalue weighted by Gasteiger charge is -2.35. The number of hydrogen-bond acceptors (Lipinski definition) is 6. The Labute approximate surface area is 186 Å². The molecule has 0 saturated carbocycles. The molecule has 4 rings (SSSR count). The van der Waals surface area contributed by atoms with Gasteiger partial charge < -0.3 is 24.5 Å². The number of alkyl halides is 3. The fraction of sp³-hybridized carbons (Fsp3) is 0.429. The molecule has 0 radical (unpaired) electrons. The standard InChI is InChI=1S/C19H21N3O4.C2HF3O2/c23-18(21-12-14-2-1-11-25-14)17-4-3-15-16(26-17)7-10-22(15)19(24)13-5-8-20-9-6-13;3-2(4,5)1(6)7/h1-2,5-6,8-9,11,15-17H,3-4,7,10,12H2,(H,21,23);(H,6,7)/t15-,16-,17-;/m1./s1. The molecule has 2 aliphatic heterocycles. The second-order valence-electron chi connectivity index (χ2n) is 7.43. The highest BCUT2D eigenvalue weighted by molar-refractivity contribution is 5.94. The number of fused-ring (bicyclic) bond motifs is 1. The van der Waals surface area contributed by atoms with Crippen LogP contribution in [0.5, 0.6) is 0 Å². The zero-order chi connectivity index (χ0) is 24.0. The Hall–Kier alpha value is -3.41.